The average molecular weight is 158 g/mol. The molecule has 68 valence electrons. The van der Waals surface area contributed by atoms with E-state index in [1.807, 2.05) is 20.9 Å². The van der Waals surface area contributed by atoms with E-state index in [-0.39, 0.29) is 0 Å². The van der Waals surface area contributed by atoms with E-state index in [1.165, 1.54) is 6.42 Å². The molecule has 11 heavy (non-hydrogen) atoms. The van der Waals surface area contributed by atoms with Gasteiger partial charge in [0.05, 0.1) is 0 Å². The van der Waals surface area contributed by atoms with Gasteiger partial charge < -0.3 is 5.32 Å². The van der Waals surface area contributed by atoms with Gasteiger partial charge in [-0.1, -0.05) is 13.8 Å². The maximum Gasteiger partial charge on any atom is 0.0235 e. The van der Waals surface area contributed by atoms with E-state index in [4.69, 9.17) is 0 Å². The number of likely N-dealkylation sites (N-methyl/N-ethyl adjacent to an activating group) is 2. The lowest BCUT2D eigenvalue weighted by Crippen LogP contribution is -2.55. The molecule has 0 aromatic rings. The molecule has 0 spiro atoms. The minimum absolute atomic E-state index is 0.796. The minimum Gasteiger partial charge on any atom is -0.318 e. The molecule has 0 amide bonds. The smallest absolute Gasteiger partial charge is 0.0235 e. The molecule has 1 aliphatic rings. The molecular formula is C9H22N2. The summed E-state index contributed by atoms with van der Waals surface area (Å²) in [6.07, 6.45) is 1.36. The van der Waals surface area contributed by atoms with Crippen LogP contribution in [0.3, 0.4) is 0 Å². The summed E-state index contributed by atoms with van der Waals surface area (Å²) >= 11 is 0. The second-order valence-electron chi connectivity index (χ2n) is 2.96. The maximum absolute atomic E-state index is 3.18. The molecule has 0 bridgehead atoms. The SMILES string of the molecule is CC.CNCC1CC(C)N1C. The summed E-state index contributed by atoms with van der Waals surface area (Å²) in [5.74, 6) is 0. The van der Waals surface area contributed by atoms with Crippen molar-refractivity contribution in [1.82, 2.24) is 10.2 Å². The molecule has 1 aliphatic heterocycles. The van der Waals surface area contributed by atoms with Gasteiger partial charge in [0, 0.05) is 18.6 Å². The summed E-state index contributed by atoms with van der Waals surface area (Å²) in [5, 5.41) is 3.18. The van der Waals surface area contributed by atoms with Crippen LogP contribution in [-0.2, 0) is 0 Å². The van der Waals surface area contributed by atoms with Gasteiger partial charge in [-0.25, -0.2) is 0 Å². The molecule has 1 rings (SSSR count). The molecule has 2 atom stereocenters. The second kappa shape index (κ2) is 5.56. The zero-order valence-electron chi connectivity index (χ0n) is 8.52. The van der Waals surface area contributed by atoms with Gasteiger partial charge >= 0.3 is 0 Å². The fraction of sp³-hybridized carbons (Fsp3) is 1.00. The average Bonchev–Trinajstić information content (AvgIpc) is 2.08. The number of nitrogens with one attached hydrogen (secondary N) is 1. The van der Waals surface area contributed by atoms with Gasteiger partial charge in [-0.2, -0.15) is 0 Å². The fourth-order valence-electron chi connectivity index (χ4n) is 1.41. The van der Waals surface area contributed by atoms with Crippen LogP contribution in [0.15, 0.2) is 0 Å². The summed E-state index contributed by atoms with van der Waals surface area (Å²) < 4.78 is 0. The first-order valence-corrected chi connectivity index (χ1v) is 4.62. The number of hydrogen-bond acceptors (Lipinski definition) is 2. The minimum atomic E-state index is 0.796. The van der Waals surface area contributed by atoms with Crippen molar-refractivity contribution in [2.24, 2.45) is 0 Å². The molecule has 2 nitrogen and oxygen atoms in total. The quantitative estimate of drug-likeness (QED) is 0.652. The molecule has 0 radical (unpaired) electrons. The van der Waals surface area contributed by atoms with Crippen molar-refractivity contribution in [2.75, 3.05) is 20.6 Å². The predicted octanol–water partition coefficient (Wildman–Crippen LogP) is 1.32. The standard InChI is InChI=1S/C7H16N2.C2H6/c1-6-4-7(5-8-2)9(6)3;1-2/h6-8H,4-5H2,1-3H3;1-2H3. The van der Waals surface area contributed by atoms with Crippen molar-refractivity contribution < 1.29 is 0 Å². The molecule has 1 heterocycles. The number of hydrogen-bond donors (Lipinski definition) is 1. The molecule has 0 aromatic carbocycles. The summed E-state index contributed by atoms with van der Waals surface area (Å²) in [5.41, 5.74) is 0. The zero-order chi connectivity index (χ0) is 8.85. The van der Waals surface area contributed by atoms with Gasteiger partial charge in [0.2, 0.25) is 0 Å². The maximum atomic E-state index is 3.18. The van der Waals surface area contributed by atoms with E-state index >= 15 is 0 Å². The lowest BCUT2D eigenvalue weighted by Gasteiger charge is -2.44. The summed E-state index contributed by atoms with van der Waals surface area (Å²) in [6.45, 7) is 7.41. The Bertz CT molecular complexity index is 91.6. The molecule has 2 heteroatoms. The van der Waals surface area contributed by atoms with Crippen LogP contribution < -0.4 is 5.32 Å². The van der Waals surface area contributed by atoms with E-state index in [0.29, 0.717) is 0 Å². The molecule has 0 aromatic heterocycles. The van der Waals surface area contributed by atoms with Gasteiger partial charge in [-0.15, -0.1) is 0 Å². The third-order valence-corrected chi connectivity index (χ3v) is 2.32. The topological polar surface area (TPSA) is 15.3 Å². The highest BCUT2D eigenvalue weighted by Crippen LogP contribution is 2.21. The van der Waals surface area contributed by atoms with Gasteiger partial charge in [0.15, 0.2) is 0 Å². The molecule has 0 saturated carbocycles. The zero-order valence-corrected chi connectivity index (χ0v) is 8.52. The van der Waals surface area contributed by atoms with E-state index in [0.717, 1.165) is 18.6 Å². The van der Waals surface area contributed by atoms with Crippen molar-refractivity contribution in [3.8, 4) is 0 Å². The Morgan fingerprint density at radius 3 is 2.27 bits per heavy atom. The number of rotatable bonds is 2. The fourth-order valence-corrected chi connectivity index (χ4v) is 1.41. The monoisotopic (exact) mass is 158 g/mol. The van der Waals surface area contributed by atoms with E-state index < -0.39 is 0 Å². The second-order valence-corrected chi connectivity index (χ2v) is 2.96. The Hall–Kier alpha value is -0.0800. The highest BCUT2D eigenvalue weighted by Gasteiger charge is 2.30. The molecule has 2 unspecified atom stereocenters. The first-order valence-electron chi connectivity index (χ1n) is 4.62. The molecule has 1 N–H and O–H groups in total. The van der Waals surface area contributed by atoms with Gasteiger partial charge in [-0.3, -0.25) is 4.90 Å². The van der Waals surface area contributed by atoms with E-state index in [2.05, 4.69) is 24.2 Å². The Labute approximate surface area is 71.0 Å². The van der Waals surface area contributed by atoms with Crippen LogP contribution in [0, 0.1) is 0 Å². The van der Waals surface area contributed by atoms with Crippen molar-refractivity contribution >= 4 is 0 Å². The van der Waals surface area contributed by atoms with Crippen LogP contribution in [0.1, 0.15) is 27.2 Å². The van der Waals surface area contributed by atoms with Crippen LogP contribution in [-0.4, -0.2) is 37.6 Å². The Kier molecular flexibility index (Phi) is 5.51. The van der Waals surface area contributed by atoms with Crippen molar-refractivity contribution in [2.45, 2.75) is 39.3 Å². The van der Waals surface area contributed by atoms with Crippen molar-refractivity contribution in [3.05, 3.63) is 0 Å². The lowest BCUT2D eigenvalue weighted by molar-refractivity contribution is 0.0578. The van der Waals surface area contributed by atoms with Crippen molar-refractivity contribution in [3.63, 3.8) is 0 Å². The molecule has 1 fully saturated rings. The Morgan fingerprint density at radius 1 is 1.45 bits per heavy atom. The normalized spacial score (nSPS) is 30.3. The van der Waals surface area contributed by atoms with E-state index in [1.54, 1.807) is 0 Å². The third kappa shape index (κ3) is 2.80. The van der Waals surface area contributed by atoms with E-state index in [9.17, 15) is 0 Å². The van der Waals surface area contributed by atoms with Crippen LogP contribution >= 0.6 is 0 Å². The van der Waals surface area contributed by atoms with Crippen LogP contribution in [0.25, 0.3) is 0 Å². The van der Waals surface area contributed by atoms with Gasteiger partial charge in [-0.05, 0) is 27.4 Å². The Balaban J connectivity index is 0.000000461. The van der Waals surface area contributed by atoms with Gasteiger partial charge in [0.25, 0.3) is 0 Å². The first-order chi connectivity index (χ1) is 5.25. The Morgan fingerprint density at radius 2 is 2.00 bits per heavy atom. The van der Waals surface area contributed by atoms with Crippen molar-refractivity contribution in [1.29, 1.82) is 0 Å². The molecular weight excluding hydrogens is 136 g/mol. The summed E-state index contributed by atoms with van der Waals surface area (Å²) in [7, 11) is 4.20. The highest BCUT2D eigenvalue weighted by molar-refractivity contribution is 4.88. The highest BCUT2D eigenvalue weighted by atomic mass is 15.2. The van der Waals surface area contributed by atoms with Crippen LogP contribution in [0.4, 0.5) is 0 Å². The molecule has 0 aliphatic carbocycles. The number of nitrogens with zero attached hydrogens (tertiary/aromatic N) is 1. The largest absolute Gasteiger partial charge is 0.318 e. The first kappa shape index (κ1) is 10.9. The number of likely N-dealkylation sites (tertiary alicyclic amines) is 1. The van der Waals surface area contributed by atoms with Crippen LogP contribution in [0.5, 0.6) is 0 Å². The lowest BCUT2D eigenvalue weighted by atomic mass is 9.95. The summed E-state index contributed by atoms with van der Waals surface area (Å²) in [4.78, 5) is 2.41. The van der Waals surface area contributed by atoms with Crippen LogP contribution in [0.2, 0.25) is 0 Å². The summed E-state index contributed by atoms with van der Waals surface area (Å²) in [6, 6.07) is 1.60. The van der Waals surface area contributed by atoms with Gasteiger partial charge in [0.1, 0.15) is 0 Å². The molecule has 1 saturated heterocycles. The third-order valence-electron chi connectivity index (χ3n) is 2.32. The predicted molar refractivity (Wildman–Crippen MR) is 50.9 cm³/mol.